The lowest BCUT2D eigenvalue weighted by atomic mass is 9.93. The highest BCUT2D eigenvalue weighted by Gasteiger charge is 2.16. The van der Waals surface area contributed by atoms with Gasteiger partial charge >= 0.3 is 0 Å². The maximum absolute atomic E-state index is 4.18. The van der Waals surface area contributed by atoms with E-state index in [1.165, 1.54) is 29.8 Å². The second-order valence-corrected chi connectivity index (χ2v) is 3.90. The second kappa shape index (κ2) is 2.35. The Morgan fingerprint density at radius 3 is 3.50 bits per heavy atom. The van der Waals surface area contributed by atoms with E-state index in [-0.39, 0.29) is 0 Å². The van der Waals surface area contributed by atoms with Gasteiger partial charge in [0.1, 0.15) is 0 Å². The monoisotopic (exact) mass is 152 g/mol. The molecule has 10 heavy (non-hydrogen) atoms. The summed E-state index contributed by atoms with van der Waals surface area (Å²) < 4.78 is 0. The molecular weight excluding hydrogens is 142 g/mol. The van der Waals surface area contributed by atoms with E-state index in [0.717, 1.165) is 5.92 Å². The number of aryl methyl sites for hydroxylation is 1. The molecule has 1 heterocycles. The average Bonchev–Trinajstić information content (AvgIpc) is 2.33. The van der Waals surface area contributed by atoms with Crippen molar-refractivity contribution in [3.05, 3.63) is 16.1 Å². The van der Waals surface area contributed by atoms with Crippen LogP contribution in [-0.4, -0.2) is 4.98 Å². The van der Waals surface area contributed by atoms with Gasteiger partial charge in [0.25, 0.3) is 0 Å². The zero-order valence-corrected chi connectivity index (χ0v) is 6.87. The van der Waals surface area contributed by atoms with Crippen LogP contribution in [0.4, 0.5) is 0 Å². The standard InChI is InChI=1S/C8H10NS/c1-6-2-3-7-8(4-6)10-5-9-7/h6H,2-4H2,1H3. The molecule has 1 atom stereocenters. The van der Waals surface area contributed by atoms with Crippen LogP contribution in [0.3, 0.4) is 0 Å². The third-order valence-electron chi connectivity index (χ3n) is 2.08. The molecule has 0 aromatic carbocycles. The van der Waals surface area contributed by atoms with Crippen molar-refractivity contribution in [1.82, 2.24) is 4.98 Å². The van der Waals surface area contributed by atoms with E-state index in [2.05, 4.69) is 17.4 Å². The number of aromatic nitrogens is 1. The highest BCUT2D eigenvalue weighted by atomic mass is 32.1. The van der Waals surface area contributed by atoms with Gasteiger partial charge < -0.3 is 0 Å². The molecule has 0 fully saturated rings. The smallest absolute Gasteiger partial charge is 0.152 e. The van der Waals surface area contributed by atoms with Crippen LogP contribution in [0.1, 0.15) is 23.9 Å². The van der Waals surface area contributed by atoms with Crippen molar-refractivity contribution in [3.63, 3.8) is 0 Å². The summed E-state index contributed by atoms with van der Waals surface area (Å²) in [5, 5.41) is 0. The lowest BCUT2D eigenvalue weighted by molar-refractivity contribution is 0.502. The summed E-state index contributed by atoms with van der Waals surface area (Å²) in [6.07, 6.45) is 3.72. The Labute approximate surface area is 65.1 Å². The van der Waals surface area contributed by atoms with Crippen molar-refractivity contribution in [1.29, 1.82) is 0 Å². The molecule has 2 rings (SSSR count). The molecule has 0 amide bonds. The lowest BCUT2D eigenvalue weighted by Gasteiger charge is -2.15. The Bertz CT molecular complexity index is 229. The largest absolute Gasteiger partial charge is 0.238 e. The Morgan fingerprint density at radius 2 is 2.60 bits per heavy atom. The van der Waals surface area contributed by atoms with Crippen LogP contribution < -0.4 is 0 Å². The molecule has 1 aromatic heterocycles. The first-order valence-electron chi connectivity index (χ1n) is 3.71. The van der Waals surface area contributed by atoms with Crippen LogP contribution in [0.15, 0.2) is 0 Å². The van der Waals surface area contributed by atoms with Gasteiger partial charge in [-0.2, -0.15) is 0 Å². The minimum atomic E-state index is 0.862. The van der Waals surface area contributed by atoms with Crippen LogP contribution in [0.5, 0.6) is 0 Å². The Balaban J connectivity index is 2.30. The average molecular weight is 152 g/mol. The van der Waals surface area contributed by atoms with Crippen molar-refractivity contribution in [2.75, 3.05) is 0 Å². The molecule has 0 spiro atoms. The van der Waals surface area contributed by atoms with Crippen LogP contribution in [0, 0.1) is 11.4 Å². The fourth-order valence-corrected chi connectivity index (χ4v) is 2.31. The third kappa shape index (κ3) is 0.966. The molecular formula is C8H10NS. The van der Waals surface area contributed by atoms with Gasteiger partial charge in [-0.3, -0.25) is 0 Å². The molecule has 1 unspecified atom stereocenters. The van der Waals surface area contributed by atoms with Gasteiger partial charge in [0.05, 0.1) is 5.69 Å². The number of rotatable bonds is 0. The third-order valence-corrected chi connectivity index (χ3v) is 2.91. The van der Waals surface area contributed by atoms with Crippen molar-refractivity contribution >= 4 is 11.3 Å². The molecule has 0 aliphatic heterocycles. The van der Waals surface area contributed by atoms with Gasteiger partial charge in [-0.05, 0) is 25.2 Å². The summed E-state index contributed by atoms with van der Waals surface area (Å²) in [7, 11) is 0. The van der Waals surface area contributed by atoms with E-state index in [4.69, 9.17) is 0 Å². The van der Waals surface area contributed by atoms with Crippen LogP contribution in [0.2, 0.25) is 0 Å². The molecule has 1 radical (unpaired) electrons. The van der Waals surface area contributed by atoms with Crippen molar-refractivity contribution in [2.45, 2.75) is 26.2 Å². The first-order valence-corrected chi connectivity index (χ1v) is 4.52. The van der Waals surface area contributed by atoms with Crippen molar-refractivity contribution in [3.8, 4) is 0 Å². The lowest BCUT2D eigenvalue weighted by Crippen LogP contribution is -2.08. The van der Waals surface area contributed by atoms with Gasteiger partial charge in [0.2, 0.25) is 0 Å². The van der Waals surface area contributed by atoms with Crippen molar-refractivity contribution in [2.24, 2.45) is 5.92 Å². The second-order valence-electron chi connectivity index (χ2n) is 3.02. The maximum Gasteiger partial charge on any atom is 0.152 e. The quantitative estimate of drug-likeness (QED) is 0.554. The fraction of sp³-hybridized carbons (Fsp3) is 0.625. The molecule has 0 N–H and O–H groups in total. The Morgan fingerprint density at radius 1 is 1.70 bits per heavy atom. The molecule has 0 saturated heterocycles. The van der Waals surface area contributed by atoms with E-state index < -0.39 is 0 Å². The van der Waals surface area contributed by atoms with E-state index >= 15 is 0 Å². The number of hydrogen-bond acceptors (Lipinski definition) is 2. The number of nitrogens with zero attached hydrogens (tertiary/aromatic N) is 1. The molecule has 53 valence electrons. The molecule has 2 heteroatoms. The summed E-state index contributed by atoms with van der Waals surface area (Å²) in [6, 6.07) is 0. The molecule has 0 saturated carbocycles. The first-order chi connectivity index (χ1) is 4.86. The minimum absolute atomic E-state index is 0.862. The predicted octanol–water partition coefficient (Wildman–Crippen LogP) is 2.07. The summed E-state index contributed by atoms with van der Waals surface area (Å²) in [5.74, 6) is 0.862. The van der Waals surface area contributed by atoms with Crippen molar-refractivity contribution < 1.29 is 0 Å². The van der Waals surface area contributed by atoms with Crippen LogP contribution in [-0.2, 0) is 12.8 Å². The predicted molar refractivity (Wildman–Crippen MR) is 42.1 cm³/mol. The summed E-state index contributed by atoms with van der Waals surface area (Å²) in [6.45, 7) is 2.31. The topological polar surface area (TPSA) is 12.9 Å². The molecule has 1 aromatic rings. The zero-order valence-electron chi connectivity index (χ0n) is 6.05. The van der Waals surface area contributed by atoms with Crippen LogP contribution >= 0.6 is 11.3 Å². The van der Waals surface area contributed by atoms with E-state index in [1.807, 2.05) is 0 Å². The summed E-state index contributed by atoms with van der Waals surface area (Å²) in [4.78, 5) is 5.66. The van der Waals surface area contributed by atoms with Gasteiger partial charge in [-0.15, -0.1) is 11.3 Å². The minimum Gasteiger partial charge on any atom is -0.238 e. The highest BCUT2D eigenvalue weighted by molar-refractivity contribution is 7.09. The normalized spacial score (nSPS) is 24.3. The SMILES string of the molecule is CC1CCc2n[c]sc2C1. The molecule has 0 bridgehead atoms. The van der Waals surface area contributed by atoms with Gasteiger partial charge in [-0.25, -0.2) is 4.98 Å². The number of hydrogen-bond donors (Lipinski definition) is 0. The van der Waals surface area contributed by atoms with Gasteiger partial charge in [0, 0.05) is 4.88 Å². The van der Waals surface area contributed by atoms with E-state index in [9.17, 15) is 0 Å². The first kappa shape index (κ1) is 6.35. The summed E-state index contributed by atoms with van der Waals surface area (Å²) in [5.41, 5.74) is 4.26. The maximum atomic E-state index is 4.18. The Hall–Kier alpha value is -0.370. The Kier molecular flexibility index (Phi) is 1.49. The summed E-state index contributed by atoms with van der Waals surface area (Å²) >= 11 is 1.69. The van der Waals surface area contributed by atoms with E-state index in [1.54, 1.807) is 11.3 Å². The molecule has 1 aliphatic carbocycles. The number of fused-ring (bicyclic) bond motifs is 1. The fourth-order valence-electron chi connectivity index (χ4n) is 1.41. The van der Waals surface area contributed by atoms with E-state index in [0.29, 0.717) is 0 Å². The molecule has 1 aliphatic rings. The highest BCUT2D eigenvalue weighted by Crippen LogP contribution is 2.26. The van der Waals surface area contributed by atoms with Gasteiger partial charge in [-0.1, -0.05) is 6.92 Å². The number of thiazole rings is 1. The zero-order chi connectivity index (χ0) is 6.97. The molecule has 1 nitrogen and oxygen atoms in total. The van der Waals surface area contributed by atoms with Crippen LogP contribution in [0.25, 0.3) is 0 Å². The van der Waals surface area contributed by atoms with Gasteiger partial charge in [0.15, 0.2) is 5.51 Å².